The van der Waals surface area contributed by atoms with Crippen LogP contribution >= 0.6 is 11.3 Å². The van der Waals surface area contributed by atoms with Gasteiger partial charge in [-0.25, -0.2) is 9.59 Å². The molecule has 0 aliphatic rings. The molecule has 0 spiro atoms. The molecule has 19 heavy (non-hydrogen) atoms. The van der Waals surface area contributed by atoms with Crippen molar-refractivity contribution < 1.29 is 14.7 Å². The van der Waals surface area contributed by atoms with Gasteiger partial charge in [-0.15, -0.1) is 11.3 Å². The number of carboxylic acid groups (broad SMARTS) is 1. The second kappa shape index (κ2) is 7.78. The van der Waals surface area contributed by atoms with Gasteiger partial charge in [-0.3, -0.25) is 0 Å². The molecule has 0 radical (unpaired) electrons. The molecule has 1 rings (SSSR count). The largest absolute Gasteiger partial charge is 0.480 e. The SMILES string of the molecule is CCCC[C@H](NC(=O)NCc1sccc1C)C(=O)O. The number of unbranched alkanes of at least 4 members (excludes halogenated alkanes) is 1. The number of hydrogen-bond donors (Lipinski definition) is 3. The zero-order chi connectivity index (χ0) is 14.3. The molecule has 0 aliphatic heterocycles. The third kappa shape index (κ3) is 5.30. The van der Waals surface area contributed by atoms with Crippen LogP contribution < -0.4 is 10.6 Å². The van der Waals surface area contributed by atoms with E-state index in [2.05, 4.69) is 10.6 Å². The molecule has 1 atom stereocenters. The van der Waals surface area contributed by atoms with Crippen LogP contribution in [0.5, 0.6) is 0 Å². The van der Waals surface area contributed by atoms with Gasteiger partial charge in [0, 0.05) is 4.88 Å². The molecule has 0 aromatic carbocycles. The molecule has 3 N–H and O–H groups in total. The lowest BCUT2D eigenvalue weighted by Gasteiger charge is -2.14. The molecule has 1 heterocycles. The average molecular weight is 284 g/mol. The van der Waals surface area contributed by atoms with Crippen molar-refractivity contribution in [2.75, 3.05) is 0 Å². The van der Waals surface area contributed by atoms with Gasteiger partial charge >= 0.3 is 12.0 Å². The van der Waals surface area contributed by atoms with Crippen molar-refractivity contribution in [1.82, 2.24) is 10.6 Å². The van der Waals surface area contributed by atoms with E-state index < -0.39 is 18.0 Å². The Morgan fingerprint density at radius 3 is 2.74 bits per heavy atom. The molecule has 2 amide bonds. The first-order chi connectivity index (χ1) is 9.04. The minimum atomic E-state index is -0.990. The summed E-state index contributed by atoms with van der Waals surface area (Å²) in [4.78, 5) is 23.7. The van der Waals surface area contributed by atoms with E-state index in [1.54, 1.807) is 11.3 Å². The van der Waals surface area contributed by atoms with E-state index in [0.29, 0.717) is 13.0 Å². The quantitative estimate of drug-likeness (QED) is 0.720. The monoisotopic (exact) mass is 284 g/mol. The number of thiophene rings is 1. The van der Waals surface area contributed by atoms with Crippen molar-refractivity contribution >= 4 is 23.3 Å². The van der Waals surface area contributed by atoms with Crippen molar-refractivity contribution in [1.29, 1.82) is 0 Å². The van der Waals surface area contributed by atoms with Gasteiger partial charge in [0.2, 0.25) is 0 Å². The number of aliphatic carboxylic acids is 1. The lowest BCUT2D eigenvalue weighted by Crippen LogP contribution is -2.45. The third-order valence-electron chi connectivity index (χ3n) is 2.83. The Hall–Kier alpha value is -1.56. The summed E-state index contributed by atoms with van der Waals surface area (Å²) < 4.78 is 0. The summed E-state index contributed by atoms with van der Waals surface area (Å²) >= 11 is 1.57. The van der Waals surface area contributed by atoms with Gasteiger partial charge < -0.3 is 15.7 Å². The van der Waals surface area contributed by atoms with Crippen LogP contribution in [0.4, 0.5) is 4.79 Å². The van der Waals surface area contributed by atoms with Gasteiger partial charge in [0.25, 0.3) is 0 Å². The maximum absolute atomic E-state index is 11.6. The smallest absolute Gasteiger partial charge is 0.326 e. The van der Waals surface area contributed by atoms with Gasteiger partial charge in [-0.1, -0.05) is 19.8 Å². The molecule has 106 valence electrons. The van der Waals surface area contributed by atoms with Gasteiger partial charge in [-0.05, 0) is 30.4 Å². The van der Waals surface area contributed by atoms with Crippen LogP contribution in [0, 0.1) is 6.92 Å². The zero-order valence-corrected chi connectivity index (χ0v) is 12.0. The van der Waals surface area contributed by atoms with Crippen LogP contribution in [-0.4, -0.2) is 23.1 Å². The second-order valence-corrected chi connectivity index (χ2v) is 5.39. The summed E-state index contributed by atoms with van der Waals surface area (Å²) in [5.74, 6) is -0.990. The summed E-state index contributed by atoms with van der Waals surface area (Å²) in [5.41, 5.74) is 1.13. The van der Waals surface area contributed by atoms with Crippen molar-refractivity contribution in [3.05, 3.63) is 21.9 Å². The Kier molecular flexibility index (Phi) is 6.35. The Balaban J connectivity index is 2.40. The molecule has 0 fully saturated rings. The lowest BCUT2D eigenvalue weighted by molar-refractivity contribution is -0.139. The fraction of sp³-hybridized carbons (Fsp3) is 0.538. The predicted molar refractivity (Wildman–Crippen MR) is 75.4 cm³/mol. The van der Waals surface area contributed by atoms with Gasteiger partial charge in [0.05, 0.1) is 6.54 Å². The van der Waals surface area contributed by atoms with E-state index >= 15 is 0 Å². The Labute approximate surface area is 117 Å². The molecule has 0 aliphatic carbocycles. The Morgan fingerprint density at radius 2 is 2.21 bits per heavy atom. The number of carboxylic acids is 1. The molecule has 1 aromatic heterocycles. The lowest BCUT2D eigenvalue weighted by atomic mass is 10.1. The van der Waals surface area contributed by atoms with E-state index in [9.17, 15) is 9.59 Å². The number of nitrogens with one attached hydrogen (secondary N) is 2. The van der Waals surface area contributed by atoms with Crippen LogP contribution in [-0.2, 0) is 11.3 Å². The predicted octanol–water partition coefficient (Wildman–Crippen LogP) is 2.50. The van der Waals surface area contributed by atoms with E-state index in [1.165, 1.54) is 0 Å². The number of rotatable bonds is 7. The van der Waals surface area contributed by atoms with Crippen molar-refractivity contribution in [3.63, 3.8) is 0 Å². The van der Waals surface area contributed by atoms with E-state index in [0.717, 1.165) is 23.3 Å². The number of aryl methyl sites for hydroxylation is 1. The Morgan fingerprint density at radius 1 is 1.47 bits per heavy atom. The van der Waals surface area contributed by atoms with Crippen molar-refractivity contribution in [2.45, 2.75) is 45.7 Å². The standard InChI is InChI=1S/C13H20N2O3S/c1-3-4-5-10(12(16)17)15-13(18)14-8-11-9(2)6-7-19-11/h6-7,10H,3-5,8H2,1-2H3,(H,16,17)(H2,14,15,18)/t10-/m0/s1. The van der Waals surface area contributed by atoms with Crippen molar-refractivity contribution in [3.8, 4) is 0 Å². The van der Waals surface area contributed by atoms with E-state index in [4.69, 9.17) is 5.11 Å². The summed E-state index contributed by atoms with van der Waals surface area (Å²) in [6, 6.07) is 0.738. The van der Waals surface area contributed by atoms with Gasteiger partial charge in [0.1, 0.15) is 6.04 Å². The summed E-state index contributed by atoms with van der Waals surface area (Å²) in [5, 5.41) is 16.1. The highest BCUT2D eigenvalue weighted by Gasteiger charge is 2.18. The second-order valence-electron chi connectivity index (χ2n) is 4.39. The molecule has 0 bridgehead atoms. The first-order valence-corrected chi connectivity index (χ1v) is 7.22. The molecule has 0 saturated heterocycles. The summed E-state index contributed by atoms with van der Waals surface area (Å²) in [6.07, 6.45) is 2.14. The van der Waals surface area contributed by atoms with E-state index in [-0.39, 0.29) is 0 Å². The number of carbonyl (C=O) groups is 2. The Bertz CT molecular complexity index is 431. The fourth-order valence-electron chi connectivity index (χ4n) is 1.62. The number of amides is 2. The molecule has 0 unspecified atom stereocenters. The normalized spacial score (nSPS) is 11.9. The van der Waals surface area contributed by atoms with Crippen LogP contribution in [0.15, 0.2) is 11.4 Å². The van der Waals surface area contributed by atoms with E-state index in [1.807, 2.05) is 25.3 Å². The van der Waals surface area contributed by atoms with Crippen molar-refractivity contribution in [2.24, 2.45) is 0 Å². The first kappa shape index (κ1) is 15.5. The van der Waals surface area contributed by atoms with Crippen LogP contribution in [0.1, 0.15) is 36.6 Å². The number of hydrogen-bond acceptors (Lipinski definition) is 3. The fourth-order valence-corrected chi connectivity index (χ4v) is 2.47. The topological polar surface area (TPSA) is 78.4 Å². The summed E-state index contributed by atoms with van der Waals surface area (Å²) in [6.45, 7) is 4.39. The molecule has 1 aromatic rings. The highest BCUT2D eigenvalue weighted by atomic mass is 32.1. The number of carbonyl (C=O) groups excluding carboxylic acids is 1. The average Bonchev–Trinajstić information content (AvgIpc) is 2.77. The van der Waals surface area contributed by atoms with Gasteiger partial charge in [0.15, 0.2) is 0 Å². The first-order valence-electron chi connectivity index (χ1n) is 6.34. The molecule has 5 nitrogen and oxygen atoms in total. The molecular formula is C13H20N2O3S. The minimum Gasteiger partial charge on any atom is -0.480 e. The summed E-state index contributed by atoms with van der Waals surface area (Å²) in [7, 11) is 0. The highest BCUT2D eigenvalue weighted by molar-refractivity contribution is 7.10. The maximum atomic E-state index is 11.6. The van der Waals surface area contributed by atoms with Crippen LogP contribution in [0.2, 0.25) is 0 Å². The third-order valence-corrected chi connectivity index (χ3v) is 3.85. The maximum Gasteiger partial charge on any atom is 0.326 e. The molecular weight excluding hydrogens is 264 g/mol. The molecule has 0 saturated carbocycles. The number of urea groups is 1. The van der Waals surface area contributed by atoms with Crippen LogP contribution in [0.25, 0.3) is 0 Å². The molecule has 6 heteroatoms. The van der Waals surface area contributed by atoms with Crippen LogP contribution in [0.3, 0.4) is 0 Å². The highest BCUT2D eigenvalue weighted by Crippen LogP contribution is 2.14. The zero-order valence-electron chi connectivity index (χ0n) is 11.2. The van der Waals surface area contributed by atoms with Gasteiger partial charge in [-0.2, -0.15) is 0 Å². The minimum absolute atomic E-state index is 0.426.